The molecule has 3 aromatic rings. The zero-order valence-corrected chi connectivity index (χ0v) is 57.3. The molecular weight excluding hydrogens is 1130 g/mol. The minimum Gasteiger partial charge on any atom is -0.494 e. The van der Waals surface area contributed by atoms with E-state index in [1.54, 1.807) is 16.3 Å². The lowest BCUT2D eigenvalue weighted by atomic mass is 10.1. The van der Waals surface area contributed by atoms with Crippen LogP contribution < -0.4 is 27.6 Å². The molecule has 5 N–H and O–H groups in total. The van der Waals surface area contributed by atoms with Crippen molar-refractivity contribution in [2.24, 2.45) is 0 Å². The molecule has 0 aliphatic carbocycles. The third kappa shape index (κ3) is 17.3. The van der Waals surface area contributed by atoms with E-state index in [1.165, 1.54) is 44.0 Å². The number of hydrogen-bond donors (Lipinski definition) is 3. The van der Waals surface area contributed by atoms with Crippen LogP contribution >= 0.6 is 35.3 Å². The van der Waals surface area contributed by atoms with Crippen molar-refractivity contribution >= 4 is 81.4 Å². The molecule has 79 heavy (non-hydrogen) atoms. The fourth-order valence-corrected chi connectivity index (χ4v) is 38.8. The number of aromatic nitrogens is 6. The smallest absolute Gasteiger partial charge is 0.353 e. The molecule has 0 bridgehead atoms. The van der Waals surface area contributed by atoms with Crippen LogP contribution in [0.15, 0.2) is 46.5 Å². The summed E-state index contributed by atoms with van der Waals surface area (Å²) >= 11 is 5.86. The molecule has 17 nitrogen and oxygen atoms in total. The summed E-state index contributed by atoms with van der Waals surface area (Å²) in [5, 5.41) is 0.407. The van der Waals surface area contributed by atoms with Crippen molar-refractivity contribution in [3.8, 4) is 5.75 Å². The monoisotopic (exact) mass is 1220 g/mol. The van der Waals surface area contributed by atoms with Gasteiger partial charge in [-0.2, -0.15) is 9.97 Å². The Morgan fingerprint density at radius 2 is 1.15 bits per heavy atom. The van der Waals surface area contributed by atoms with Gasteiger partial charge in [-0.1, -0.05) is 162 Å². The second-order valence-electron chi connectivity index (χ2n) is 24.1. The Morgan fingerprint density at radius 1 is 0.658 bits per heavy atom. The van der Waals surface area contributed by atoms with Crippen molar-refractivity contribution in [2.45, 2.75) is 252 Å². The Hall–Kier alpha value is -2.08. The summed E-state index contributed by atoms with van der Waals surface area (Å²) in [7, 11) is -10.1. The molecular formula is C55H100N8O9S3Si4. The number of nitrogen functional groups attached to an aromatic ring is 2. The molecule has 2 aromatic heterocycles. The summed E-state index contributed by atoms with van der Waals surface area (Å²) < 4.78 is 50.8. The number of aromatic amines is 1. The van der Waals surface area contributed by atoms with Gasteiger partial charge in [0.05, 0.1) is 52.5 Å². The first kappa shape index (κ1) is 67.7. The van der Waals surface area contributed by atoms with Gasteiger partial charge in [0.15, 0.2) is 0 Å². The maximum Gasteiger partial charge on any atom is 0.353 e. The van der Waals surface area contributed by atoms with Crippen LogP contribution in [0.4, 0.5) is 11.9 Å². The Labute approximate surface area is 490 Å². The Balaban J connectivity index is 0.000000260. The quantitative estimate of drug-likeness (QED) is 0.0706. The fraction of sp³-hybridized carbons (Fsp3) is 0.782. The van der Waals surface area contributed by atoms with Crippen molar-refractivity contribution in [3.63, 3.8) is 0 Å². The summed E-state index contributed by atoms with van der Waals surface area (Å²) in [6.45, 7) is 40.7. The van der Waals surface area contributed by atoms with Gasteiger partial charge in [0.1, 0.15) is 18.4 Å². The van der Waals surface area contributed by atoms with E-state index in [2.05, 4.69) is 190 Å². The summed E-state index contributed by atoms with van der Waals surface area (Å²) in [6.07, 6.45) is 12.3. The number of rotatable bonds is 20. The number of unbranched alkanes of at least 4 members (excludes halogenated alkanes) is 5. The van der Waals surface area contributed by atoms with E-state index in [1.807, 2.05) is 0 Å². The molecule has 6 atom stereocenters. The van der Waals surface area contributed by atoms with Gasteiger partial charge in [-0.15, -0.1) is 35.3 Å². The van der Waals surface area contributed by atoms with Crippen LogP contribution in [-0.2, 0) is 31.7 Å². The molecule has 24 heteroatoms. The average molecular weight is 1230 g/mol. The molecule has 1 aromatic carbocycles. The molecule has 0 amide bonds. The van der Waals surface area contributed by atoms with E-state index >= 15 is 0 Å². The van der Waals surface area contributed by atoms with Crippen LogP contribution in [0.1, 0.15) is 180 Å². The third-order valence-corrected chi connectivity index (χ3v) is 41.0. The first-order valence-corrected chi connectivity index (χ1v) is 40.1. The van der Waals surface area contributed by atoms with Crippen LogP contribution in [0.2, 0.25) is 44.3 Å². The number of fused-ring (bicyclic) bond motifs is 2. The van der Waals surface area contributed by atoms with Gasteiger partial charge < -0.3 is 42.1 Å². The topological polar surface area (TPSA) is 223 Å². The number of ether oxygens (including phenoxy) is 1. The lowest BCUT2D eigenvalue weighted by Gasteiger charge is -2.51. The minimum atomic E-state index is -2.64. The maximum atomic E-state index is 12.4. The van der Waals surface area contributed by atoms with Gasteiger partial charge in [0.2, 0.25) is 11.9 Å². The second-order valence-corrected chi connectivity index (χ2v) is 46.2. The molecule has 4 aliphatic rings. The highest BCUT2D eigenvalue weighted by molar-refractivity contribution is 8.17. The fourth-order valence-electron chi connectivity index (χ4n) is 11.3. The Kier molecular flexibility index (Phi) is 26.3. The molecule has 7 rings (SSSR count). The van der Waals surface area contributed by atoms with Crippen LogP contribution in [0.25, 0.3) is 0 Å². The highest BCUT2D eigenvalue weighted by Gasteiger charge is 2.61. The normalized spacial score (nSPS) is 24.4. The van der Waals surface area contributed by atoms with Gasteiger partial charge in [-0.05, 0) is 74.9 Å². The molecule has 0 spiro atoms. The molecule has 1 unspecified atom stereocenters. The predicted octanol–water partition coefficient (Wildman–Crippen LogP) is 13.4. The number of H-pyrrole nitrogens is 1. The molecule has 4 aliphatic heterocycles. The number of anilines is 2. The predicted molar refractivity (Wildman–Crippen MR) is 337 cm³/mol. The van der Waals surface area contributed by atoms with E-state index in [0.29, 0.717) is 56.1 Å². The summed E-state index contributed by atoms with van der Waals surface area (Å²) in [6, 6.07) is 8.76. The maximum absolute atomic E-state index is 12.4. The standard InChI is InChI=1S/C32H58O4S2Si2.C20H38N4O4SSi2.C3H4N4O/c1-10-11-12-13-14-15-20-33-29-18-16-28(17-19-29)23-37-32-21-30-31(38-32)22-34-39(24(2)3,25(4)5)36-40(35-30,26(6)7)27(8)9;1-12(2)30(13(3)4)26-10-17-16(27-31(28-30,14(5)6)15(7)8)9-18(29-17)24-11-22-19(21)23-20(24)25;4-2-5-1-6-3(8)7-2/h16-19,24-27,30-32H,10-15,20-23H2,1-9H3;11-18H,9-10H2,1-8H3,(H2,21,23,25);1H,(H3,4,5,6,7,8)/t30-,31+,32?;16-,17+,18+;/m00./s1. The van der Waals surface area contributed by atoms with Crippen molar-refractivity contribution in [2.75, 3.05) is 31.3 Å². The first-order chi connectivity index (χ1) is 37.2. The van der Waals surface area contributed by atoms with Gasteiger partial charge >= 0.3 is 45.6 Å². The van der Waals surface area contributed by atoms with Crippen LogP contribution in [0.3, 0.4) is 0 Å². The van der Waals surface area contributed by atoms with Crippen LogP contribution in [0.5, 0.6) is 5.75 Å². The lowest BCUT2D eigenvalue weighted by Crippen LogP contribution is -2.64. The number of nitrogens with zero attached hydrogens (tertiary/aromatic N) is 5. The van der Waals surface area contributed by atoms with E-state index in [0.717, 1.165) is 43.9 Å². The average Bonchev–Trinajstić information content (AvgIpc) is 3.96. The Bertz CT molecular complexity index is 2390. The van der Waals surface area contributed by atoms with E-state index in [9.17, 15) is 9.59 Å². The van der Waals surface area contributed by atoms with Gasteiger partial charge in [-0.25, -0.2) is 19.6 Å². The molecule has 0 radical (unpaired) electrons. The summed E-state index contributed by atoms with van der Waals surface area (Å²) in [5.74, 6) is 2.09. The van der Waals surface area contributed by atoms with Crippen LogP contribution in [-0.4, -0.2) is 111 Å². The van der Waals surface area contributed by atoms with Crippen molar-refractivity contribution in [1.29, 1.82) is 0 Å². The molecule has 0 saturated carbocycles. The minimum absolute atomic E-state index is 0.000984. The molecule has 448 valence electrons. The second kappa shape index (κ2) is 30.6. The number of benzene rings is 1. The van der Waals surface area contributed by atoms with Gasteiger partial charge in [-0.3, -0.25) is 9.55 Å². The van der Waals surface area contributed by atoms with Gasteiger partial charge in [0, 0.05) is 12.2 Å². The third-order valence-electron chi connectivity index (χ3n) is 15.8. The number of hydrogen-bond acceptors (Lipinski definition) is 18. The SMILES string of the molecule is CC(C)[Si]1(C(C)C)OC[C@H]2S[C@@H](n3cnc(N)nc3=O)C[C@@H]2O[Si](C(C)C)(C(C)C)O1.CCCCCCCCOc1ccc(CSC2C[C@@H]3O[Si](C(C)C)(C(C)C)O[Si](C(C)C)(C(C)C)OC[C@H]3S2)cc1.Nc1ncnc(=O)[nH]1. The number of nitrogens with two attached hydrogens (primary N) is 2. The van der Waals surface area contributed by atoms with Crippen LogP contribution in [0, 0.1) is 0 Å². The number of thioether (sulfide) groups is 3. The zero-order chi connectivity index (χ0) is 58.5. The number of nitrogens with one attached hydrogen (secondary N) is 1. The molecule has 6 heterocycles. The van der Waals surface area contributed by atoms with E-state index in [-0.39, 0.29) is 51.5 Å². The molecule has 4 saturated heterocycles. The van der Waals surface area contributed by atoms with E-state index in [4.69, 9.17) is 42.1 Å². The highest BCUT2D eigenvalue weighted by atomic mass is 32.2. The molecule has 4 fully saturated rings. The zero-order valence-electron chi connectivity index (χ0n) is 50.8. The largest absolute Gasteiger partial charge is 0.494 e. The lowest BCUT2D eigenvalue weighted by molar-refractivity contribution is 0.0705. The van der Waals surface area contributed by atoms with Crippen molar-refractivity contribution in [3.05, 3.63) is 63.5 Å². The van der Waals surface area contributed by atoms with Gasteiger partial charge in [0.25, 0.3) is 0 Å². The van der Waals surface area contributed by atoms with Crippen molar-refractivity contribution in [1.82, 2.24) is 29.5 Å². The first-order valence-electron chi connectivity index (χ1n) is 29.3. The summed E-state index contributed by atoms with van der Waals surface area (Å²) in [4.78, 5) is 39.3. The Morgan fingerprint density at radius 3 is 1.62 bits per heavy atom. The highest BCUT2D eigenvalue weighted by Crippen LogP contribution is 2.53. The van der Waals surface area contributed by atoms with Crippen molar-refractivity contribution < 1.29 is 30.7 Å². The summed E-state index contributed by atoms with van der Waals surface area (Å²) in [5.41, 5.74) is 13.9. The van der Waals surface area contributed by atoms with E-state index < -0.39 is 39.9 Å².